The molecule has 0 amide bonds. The molecule has 4 bridgehead atoms. The van der Waals surface area contributed by atoms with Crippen LogP contribution < -0.4 is 5.73 Å². The second kappa shape index (κ2) is 4.21. The third kappa shape index (κ3) is 1.68. The van der Waals surface area contributed by atoms with Crippen LogP contribution in [0.25, 0.3) is 0 Å². The summed E-state index contributed by atoms with van der Waals surface area (Å²) in [6.45, 7) is 3.55. The third-order valence-corrected chi connectivity index (χ3v) is 6.60. The molecule has 4 saturated carbocycles. The van der Waals surface area contributed by atoms with Gasteiger partial charge in [-0.2, -0.15) is 0 Å². The van der Waals surface area contributed by atoms with E-state index in [1.54, 1.807) is 19.3 Å². The summed E-state index contributed by atoms with van der Waals surface area (Å²) >= 11 is 0. The SMILES string of the molecule is NCC(N1CCCC1)C12CC3CC(CC(C3)C1)C2. The van der Waals surface area contributed by atoms with E-state index in [0.717, 1.165) is 24.3 Å². The zero-order chi connectivity index (χ0) is 12.2. The van der Waals surface area contributed by atoms with Crippen LogP contribution in [0.2, 0.25) is 0 Å². The van der Waals surface area contributed by atoms with Gasteiger partial charge < -0.3 is 5.73 Å². The molecule has 2 nitrogen and oxygen atoms in total. The highest BCUT2D eigenvalue weighted by Gasteiger charge is 2.54. The molecule has 5 rings (SSSR count). The van der Waals surface area contributed by atoms with E-state index in [2.05, 4.69) is 4.90 Å². The van der Waals surface area contributed by atoms with Crippen LogP contribution in [0.4, 0.5) is 0 Å². The summed E-state index contributed by atoms with van der Waals surface area (Å²) in [6.07, 6.45) is 12.0. The number of hydrogen-bond donors (Lipinski definition) is 1. The van der Waals surface area contributed by atoms with Crippen molar-refractivity contribution in [3.05, 3.63) is 0 Å². The molecule has 0 aromatic heterocycles. The fourth-order valence-corrected chi connectivity index (χ4v) is 6.43. The molecule has 1 unspecified atom stereocenters. The maximum Gasteiger partial charge on any atom is 0.0275 e. The van der Waals surface area contributed by atoms with Crippen molar-refractivity contribution in [3.63, 3.8) is 0 Å². The van der Waals surface area contributed by atoms with Gasteiger partial charge in [-0.1, -0.05) is 0 Å². The van der Waals surface area contributed by atoms with Gasteiger partial charge in [-0.15, -0.1) is 0 Å². The van der Waals surface area contributed by atoms with E-state index in [1.165, 1.54) is 45.2 Å². The lowest BCUT2D eigenvalue weighted by Gasteiger charge is -2.60. The molecular formula is C16H28N2. The highest BCUT2D eigenvalue weighted by Crippen LogP contribution is 2.61. The lowest BCUT2D eigenvalue weighted by atomic mass is 9.47. The van der Waals surface area contributed by atoms with Crippen molar-refractivity contribution in [3.8, 4) is 0 Å². The Hall–Kier alpha value is -0.0800. The van der Waals surface area contributed by atoms with Crippen LogP contribution >= 0.6 is 0 Å². The summed E-state index contributed by atoms with van der Waals surface area (Å²) in [5, 5.41) is 0. The van der Waals surface area contributed by atoms with Crippen LogP contribution in [0.1, 0.15) is 51.4 Å². The summed E-state index contributed by atoms with van der Waals surface area (Å²) in [4.78, 5) is 2.76. The maximum atomic E-state index is 6.23. The summed E-state index contributed by atoms with van der Waals surface area (Å²) in [5.41, 5.74) is 6.87. The van der Waals surface area contributed by atoms with Crippen LogP contribution in [0.15, 0.2) is 0 Å². The van der Waals surface area contributed by atoms with Crippen LogP contribution in [0.5, 0.6) is 0 Å². The van der Waals surface area contributed by atoms with Crippen LogP contribution in [0, 0.1) is 23.2 Å². The van der Waals surface area contributed by atoms with Gasteiger partial charge in [0.05, 0.1) is 0 Å². The molecule has 1 heterocycles. The fourth-order valence-electron chi connectivity index (χ4n) is 6.43. The lowest BCUT2D eigenvalue weighted by Crippen LogP contribution is -2.58. The van der Waals surface area contributed by atoms with Crippen LogP contribution in [-0.4, -0.2) is 30.6 Å². The molecule has 1 aliphatic heterocycles. The van der Waals surface area contributed by atoms with E-state index >= 15 is 0 Å². The molecule has 18 heavy (non-hydrogen) atoms. The summed E-state index contributed by atoms with van der Waals surface area (Å²) in [7, 11) is 0. The summed E-state index contributed by atoms with van der Waals surface area (Å²) in [6, 6.07) is 0.716. The van der Waals surface area contributed by atoms with Gasteiger partial charge in [-0.05, 0) is 87.6 Å². The summed E-state index contributed by atoms with van der Waals surface area (Å²) in [5.74, 6) is 3.19. The Morgan fingerprint density at radius 2 is 1.44 bits per heavy atom. The normalized spacial score (nSPS) is 48.8. The molecule has 0 radical (unpaired) electrons. The molecule has 0 spiro atoms. The van der Waals surface area contributed by atoms with Gasteiger partial charge in [0, 0.05) is 12.6 Å². The molecule has 0 aromatic rings. The standard InChI is InChI=1S/C16H28N2/c17-11-15(18-3-1-2-4-18)16-8-12-5-13(9-16)7-14(6-12)10-16/h12-15H,1-11,17H2. The number of nitrogens with zero attached hydrogens (tertiary/aromatic N) is 1. The van der Waals surface area contributed by atoms with Gasteiger partial charge in [0.15, 0.2) is 0 Å². The Morgan fingerprint density at radius 3 is 1.89 bits per heavy atom. The van der Waals surface area contributed by atoms with Gasteiger partial charge in [0.25, 0.3) is 0 Å². The largest absolute Gasteiger partial charge is 0.329 e. The Balaban J connectivity index is 1.61. The van der Waals surface area contributed by atoms with Crippen LogP contribution in [-0.2, 0) is 0 Å². The quantitative estimate of drug-likeness (QED) is 0.832. The van der Waals surface area contributed by atoms with E-state index in [1.807, 2.05) is 0 Å². The van der Waals surface area contributed by atoms with Gasteiger partial charge >= 0.3 is 0 Å². The average Bonchev–Trinajstić information content (AvgIpc) is 2.81. The molecule has 102 valence electrons. The first kappa shape index (κ1) is 11.7. The van der Waals surface area contributed by atoms with Gasteiger partial charge in [-0.25, -0.2) is 0 Å². The second-order valence-electron chi connectivity index (χ2n) is 7.77. The molecule has 2 heteroatoms. The smallest absolute Gasteiger partial charge is 0.0275 e. The van der Waals surface area contributed by atoms with Crippen molar-refractivity contribution < 1.29 is 0 Å². The van der Waals surface area contributed by atoms with Gasteiger partial charge in [-0.3, -0.25) is 4.90 Å². The topological polar surface area (TPSA) is 29.3 Å². The fraction of sp³-hybridized carbons (Fsp3) is 1.00. The molecule has 5 fully saturated rings. The Kier molecular flexibility index (Phi) is 2.74. The number of hydrogen-bond acceptors (Lipinski definition) is 2. The molecule has 4 aliphatic carbocycles. The molecule has 1 saturated heterocycles. The number of nitrogens with two attached hydrogens (primary N) is 1. The van der Waals surface area contributed by atoms with E-state index in [9.17, 15) is 0 Å². The second-order valence-corrected chi connectivity index (χ2v) is 7.77. The highest BCUT2D eigenvalue weighted by atomic mass is 15.2. The lowest BCUT2D eigenvalue weighted by molar-refractivity contribution is -0.0952. The third-order valence-electron chi connectivity index (χ3n) is 6.60. The van der Waals surface area contributed by atoms with Crippen LogP contribution in [0.3, 0.4) is 0 Å². The molecule has 5 aliphatic rings. The van der Waals surface area contributed by atoms with E-state index in [-0.39, 0.29) is 0 Å². The minimum atomic E-state index is 0.633. The molecule has 2 N–H and O–H groups in total. The van der Waals surface area contributed by atoms with E-state index in [0.29, 0.717) is 11.5 Å². The maximum absolute atomic E-state index is 6.23. The first-order valence-corrected chi connectivity index (χ1v) is 8.23. The Labute approximate surface area is 111 Å². The van der Waals surface area contributed by atoms with E-state index < -0.39 is 0 Å². The van der Waals surface area contributed by atoms with Crippen molar-refractivity contribution in [2.75, 3.05) is 19.6 Å². The minimum Gasteiger partial charge on any atom is -0.329 e. The molecule has 1 atom stereocenters. The zero-order valence-electron chi connectivity index (χ0n) is 11.6. The summed E-state index contributed by atoms with van der Waals surface area (Å²) < 4.78 is 0. The Morgan fingerprint density at radius 1 is 0.944 bits per heavy atom. The number of rotatable bonds is 3. The van der Waals surface area contributed by atoms with Crippen molar-refractivity contribution in [1.82, 2.24) is 4.90 Å². The van der Waals surface area contributed by atoms with E-state index in [4.69, 9.17) is 5.73 Å². The predicted molar refractivity (Wildman–Crippen MR) is 74.3 cm³/mol. The predicted octanol–water partition coefficient (Wildman–Crippen LogP) is 2.63. The Bertz CT molecular complexity index is 284. The van der Waals surface area contributed by atoms with Crippen molar-refractivity contribution >= 4 is 0 Å². The number of likely N-dealkylation sites (tertiary alicyclic amines) is 1. The molecular weight excluding hydrogens is 220 g/mol. The van der Waals surface area contributed by atoms with Crippen molar-refractivity contribution in [2.45, 2.75) is 57.4 Å². The first-order valence-electron chi connectivity index (χ1n) is 8.23. The monoisotopic (exact) mass is 248 g/mol. The average molecular weight is 248 g/mol. The zero-order valence-corrected chi connectivity index (χ0v) is 11.6. The minimum absolute atomic E-state index is 0.633. The first-order chi connectivity index (χ1) is 8.79. The molecule has 0 aromatic carbocycles. The van der Waals surface area contributed by atoms with Crippen molar-refractivity contribution in [1.29, 1.82) is 0 Å². The highest BCUT2D eigenvalue weighted by molar-refractivity contribution is 5.07. The van der Waals surface area contributed by atoms with Gasteiger partial charge in [0.2, 0.25) is 0 Å². The van der Waals surface area contributed by atoms with Crippen molar-refractivity contribution in [2.24, 2.45) is 28.9 Å². The van der Waals surface area contributed by atoms with Gasteiger partial charge in [0.1, 0.15) is 0 Å².